The Labute approximate surface area is 160 Å². The van der Waals surface area contributed by atoms with Gasteiger partial charge < -0.3 is 15.3 Å². The number of benzene rings is 1. The Hall–Kier alpha value is -2.24. The summed E-state index contributed by atoms with van der Waals surface area (Å²) in [5, 5.41) is 13.4. The fraction of sp³-hybridized carbons (Fsp3) is 0.455. The van der Waals surface area contributed by atoms with Crippen molar-refractivity contribution >= 4 is 5.91 Å². The van der Waals surface area contributed by atoms with Crippen molar-refractivity contribution in [1.82, 2.24) is 15.2 Å². The third-order valence-electron chi connectivity index (χ3n) is 5.90. The number of hydrogen-bond donors (Lipinski definition) is 2. The van der Waals surface area contributed by atoms with Gasteiger partial charge in [0.05, 0.1) is 5.60 Å². The van der Waals surface area contributed by atoms with Gasteiger partial charge in [0.1, 0.15) is 0 Å². The number of piperidine rings is 3. The van der Waals surface area contributed by atoms with Crippen LogP contribution in [0, 0.1) is 5.92 Å². The highest BCUT2D eigenvalue weighted by Crippen LogP contribution is 2.28. The van der Waals surface area contributed by atoms with Gasteiger partial charge in [0.2, 0.25) is 0 Å². The quantitative estimate of drug-likeness (QED) is 0.874. The molecule has 2 aromatic rings. The summed E-state index contributed by atoms with van der Waals surface area (Å²) in [7, 11) is 0. The van der Waals surface area contributed by atoms with Gasteiger partial charge in [-0.05, 0) is 69.5 Å². The molecular formula is C22H27N3O2. The summed E-state index contributed by atoms with van der Waals surface area (Å²) in [4.78, 5) is 19.3. The summed E-state index contributed by atoms with van der Waals surface area (Å²) in [6.45, 7) is 6.81. The van der Waals surface area contributed by atoms with Crippen molar-refractivity contribution in [3.8, 4) is 11.1 Å². The van der Waals surface area contributed by atoms with Gasteiger partial charge in [0, 0.05) is 41.7 Å². The molecule has 0 aliphatic carbocycles. The van der Waals surface area contributed by atoms with Crippen LogP contribution in [0.25, 0.3) is 11.1 Å². The molecule has 3 aliphatic rings. The zero-order valence-corrected chi connectivity index (χ0v) is 16.0. The number of carbonyl (C=O) groups excluding carboxylic acids is 1. The van der Waals surface area contributed by atoms with Crippen LogP contribution in [0.15, 0.2) is 42.7 Å². The highest BCUT2D eigenvalue weighted by molar-refractivity contribution is 5.95. The lowest BCUT2D eigenvalue weighted by Gasteiger charge is -2.44. The van der Waals surface area contributed by atoms with E-state index in [-0.39, 0.29) is 11.9 Å². The minimum atomic E-state index is -0.932. The van der Waals surface area contributed by atoms with Crippen LogP contribution >= 0.6 is 0 Å². The standard InChI is InChI=1S/C22H27N3O2/c1-22(2,27)19-11-18(12-23-13-19)15-3-5-17(6-4-15)21(26)24-20-14-25-9-7-16(20)8-10-25/h3-6,11-13,16,20,27H,7-10,14H2,1-2H3,(H,24,26)/t20-/m0/s1. The first kappa shape index (κ1) is 18.1. The summed E-state index contributed by atoms with van der Waals surface area (Å²) >= 11 is 0. The highest BCUT2D eigenvalue weighted by Gasteiger charge is 2.34. The zero-order chi connectivity index (χ0) is 19.0. The van der Waals surface area contributed by atoms with Crippen LogP contribution in [0.3, 0.4) is 0 Å². The Morgan fingerprint density at radius 3 is 2.44 bits per heavy atom. The van der Waals surface area contributed by atoms with Crippen LogP contribution in [0.2, 0.25) is 0 Å². The molecule has 1 aromatic heterocycles. The van der Waals surface area contributed by atoms with Gasteiger partial charge >= 0.3 is 0 Å². The summed E-state index contributed by atoms with van der Waals surface area (Å²) in [6.07, 6.45) is 5.83. The molecule has 27 heavy (non-hydrogen) atoms. The third kappa shape index (κ3) is 3.89. The predicted molar refractivity (Wildman–Crippen MR) is 105 cm³/mol. The van der Waals surface area contributed by atoms with Gasteiger partial charge in [-0.3, -0.25) is 9.78 Å². The Morgan fingerprint density at radius 2 is 1.85 bits per heavy atom. The molecule has 1 amide bonds. The predicted octanol–water partition coefficient (Wildman–Crippen LogP) is 2.80. The molecule has 3 fully saturated rings. The normalized spacial score (nSPS) is 24.6. The number of amides is 1. The zero-order valence-electron chi connectivity index (χ0n) is 16.0. The van der Waals surface area contributed by atoms with Crippen LogP contribution in [-0.4, -0.2) is 46.6 Å². The number of nitrogens with zero attached hydrogens (tertiary/aromatic N) is 2. The van der Waals surface area contributed by atoms with E-state index in [4.69, 9.17) is 0 Å². The van der Waals surface area contributed by atoms with E-state index in [1.165, 1.54) is 25.9 Å². The summed E-state index contributed by atoms with van der Waals surface area (Å²) < 4.78 is 0. The molecule has 3 aliphatic heterocycles. The van der Waals surface area contributed by atoms with Crippen LogP contribution < -0.4 is 5.32 Å². The van der Waals surface area contributed by atoms with Crippen molar-refractivity contribution in [2.24, 2.45) is 5.92 Å². The average Bonchev–Trinajstić information content (AvgIpc) is 2.68. The second-order valence-electron chi connectivity index (χ2n) is 8.32. The lowest BCUT2D eigenvalue weighted by molar-refractivity contribution is 0.0620. The molecule has 2 N–H and O–H groups in total. The maximum Gasteiger partial charge on any atom is 0.251 e. The maximum absolute atomic E-state index is 12.6. The number of fused-ring (bicyclic) bond motifs is 3. The number of aliphatic hydroxyl groups is 1. The number of aromatic nitrogens is 1. The maximum atomic E-state index is 12.6. The number of rotatable bonds is 4. The largest absolute Gasteiger partial charge is 0.386 e. The molecule has 142 valence electrons. The Kier molecular flexibility index (Phi) is 4.74. The van der Waals surface area contributed by atoms with E-state index in [0.717, 1.165) is 23.2 Å². The molecule has 5 rings (SSSR count). The van der Waals surface area contributed by atoms with Gasteiger partial charge in [-0.15, -0.1) is 0 Å². The van der Waals surface area contributed by atoms with Crippen molar-refractivity contribution in [2.75, 3.05) is 19.6 Å². The van der Waals surface area contributed by atoms with E-state index >= 15 is 0 Å². The van der Waals surface area contributed by atoms with E-state index < -0.39 is 5.60 Å². The van der Waals surface area contributed by atoms with Gasteiger partial charge in [0.15, 0.2) is 0 Å². The first-order valence-corrected chi connectivity index (χ1v) is 9.72. The van der Waals surface area contributed by atoms with Crippen molar-refractivity contribution in [3.63, 3.8) is 0 Å². The topological polar surface area (TPSA) is 65.5 Å². The number of hydrogen-bond acceptors (Lipinski definition) is 4. The fourth-order valence-electron chi connectivity index (χ4n) is 4.13. The molecule has 1 aromatic carbocycles. The SMILES string of the molecule is CC(C)(O)c1cncc(-c2ccc(C(=O)N[C@H]3CN4CCC3CC4)cc2)c1. The minimum Gasteiger partial charge on any atom is -0.386 e. The third-order valence-corrected chi connectivity index (χ3v) is 5.90. The van der Waals surface area contributed by atoms with Gasteiger partial charge in [-0.1, -0.05) is 12.1 Å². The first-order chi connectivity index (χ1) is 12.9. The van der Waals surface area contributed by atoms with Crippen LogP contribution in [-0.2, 0) is 5.60 Å². The molecule has 5 nitrogen and oxygen atoms in total. The first-order valence-electron chi connectivity index (χ1n) is 9.72. The molecule has 0 radical (unpaired) electrons. The number of carbonyl (C=O) groups is 1. The molecule has 0 unspecified atom stereocenters. The molecule has 0 saturated carbocycles. The van der Waals surface area contributed by atoms with Gasteiger partial charge in [-0.25, -0.2) is 0 Å². The smallest absolute Gasteiger partial charge is 0.251 e. The molecular weight excluding hydrogens is 338 g/mol. The van der Waals surface area contributed by atoms with Gasteiger partial charge in [0.25, 0.3) is 5.91 Å². The summed E-state index contributed by atoms with van der Waals surface area (Å²) in [5.74, 6) is 0.623. The molecule has 2 bridgehead atoms. The lowest BCUT2D eigenvalue weighted by Crippen LogP contribution is -2.57. The molecule has 4 heterocycles. The number of nitrogens with one attached hydrogen (secondary N) is 1. The Balaban J connectivity index is 1.47. The van der Waals surface area contributed by atoms with Crippen LogP contribution in [0.4, 0.5) is 0 Å². The van der Waals surface area contributed by atoms with E-state index in [2.05, 4.69) is 15.2 Å². The Bertz CT molecular complexity index is 818. The fourth-order valence-corrected chi connectivity index (χ4v) is 4.13. The highest BCUT2D eigenvalue weighted by atomic mass is 16.3. The summed E-state index contributed by atoms with van der Waals surface area (Å²) in [6, 6.07) is 9.82. The van der Waals surface area contributed by atoms with Crippen LogP contribution in [0.5, 0.6) is 0 Å². The lowest BCUT2D eigenvalue weighted by atomic mass is 9.84. The minimum absolute atomic E-state index is 0.00340. The Morgan fingerprint density at radius 1 is 1.15 bits per heavy atom. The van der Waals surface area contributed by atoms with Crippen molar-refractivity contribution < 1.29 is 9.90 Å². The van der Waals surface area contributed by atoms with E-state index in [1.807, 2.05) is 30.3 Å². The van der Waals surface area contributed by atoms with E-state index in [9.17, 15) is 9.90 Å². The van der Waals surface area contributed by atoms with Crippen molar-refractivity contribution in [1.29, 1.82) is 0 Å². The molecule has 3 saturated heterocycles. The number of pyridine rings is 1. The van der Waals surface area contributed by atoms with E-state index in [1.54, 1.807) is 26.2 Å². The second kappa shape index (κ2) is 7.06. The summed E-state index contributed by atoms with van der Waals surface area (Å²) in [5.41, 5.74) is 2.43. The van der Waals surface area contributed by atoms with Gasteiger partial charge in [-0.2, -0.15) is 0 Å². The van der Waals surface area contributed by atoms with Crippen molar-refractivity contribution in [2.45, 2.75) is 38.3 Å². The second-order valence-corrected chi connectivity index (χ2v) is 8.32. The molecule has 0 spiro atoms. The monoisotopic (exact) mass is 365 g/mol. The molecule has 5 heteroatoms. The van der Waals surface area contributed by atoms with E-state index in [0.29, 0.717) is 11.5 Å². The molecule has 1 atom stereocenters. The average molecular weight is 365 g/mol. The van der Waals surface area contributed by atoms with Crippen LogP contribution in [0.1, 0.15) is 42.6 Å². The van der Waals surface area contributed by atoms with Crippen molar-refractivity contribution in [3.05, 3.63) is 53.9 Å².